The van der Waals surface area contributed by atoms with E-state index in [0.29, 0.717) is 12.8 Å². The van der Waals surface area contributed by atoms with Gasteiger partial charge in [0.15, 0.2) is 5.75 Å². The molecular weight excluding hydrogens is 328 g/mol. The van der Waals surface area contributed by atoms with E-state index in [0.717, 1.165) is 23.5 Å². The summed E-state index contributed by atoms with van der Waals surface area (Å²) in [5.41, 5.74) is -0.635. The lowest BCUT2D eigenvalue weighted by atomic mass is 10.1. The maximum absolute atomic E-state index is 12.3. The third-order valence-corrected chi connectivity index (χ3v) is 5.35. The van der Waals surface area contributed by atoms with Crippen LogP contribution in [0.15, 0.2) is 12.1 Å². The summed E-state index contributed by atoms with van der Waals surface area (Å²) in [6.07, 6.45) is 1.12. The van der Waals surface area contributed by atoms with Gasteiger partial charge in [-0.05, 0) is 12.8 Å². The number of sulfonamides is 1. The molecule has 0 amide bonds. The van der Waals surface area contributed by atoms with Crippen molar-refractivity contribution in [2.24, 2.45) is 0 Å². The van der Waals surface area contributed by atoms with Crippen LogP contribution in [-0.2, 0) is 14.8 Å². The quantitative estimate of drug-likeness (QED) is 0.459. The molecule has 1 aliphatic heterocycles. The van der Waals surface area contributed by atoms with Crippen LogP contribution in [0.2, 0.25) is 0 Å². The Morgan fingerprint density at radius 1 is 1.30 bits per heavy atom. The number of hydrogen-bond donors (Lipinski definition) is 0. The molecule has 1 saturated heterocycles. The topological polar surface area (TPSA) is 116 Å². The van der Waals surface area contributed by atoms with Gasteiger partial charge < -0.3 is 9.47 Å². The number of nitro groups is 1. The molecule has 0 N–H and O–H groups in total. The number of ether oxygens (including phenoxy) is 2. The Hall–Kier alpha value is -2.36. The summed E-state index contributed by atoms with van der Waals surface area (Å²) in [5.74, 6) is -0.971. The molecule has 9 nitrogen and oxygen atoms in total. The highest BCUT2D eigenvalue weighted by Gasteiger charge is 2.32. The lowest BCUT2D eigenvalue weighted by Gasteiger charge is -2.29. The number of anilines is 1. The van der Waals surface area contributed by atoms with Crippen LogP contribution < -0.4 is 9.04 Å². The zero-order chi connectivity index (χ0) is 17.2. The molecule has 0 aliphatic carbocycles. The van der Waals surface area contributed by atoms with E-state index < -0.39 is 26.6 Å². The average molecular weight is 344 g/mol. The van der Waals surface area contributed by atoms with E-state index in [1.807, 2.05) is 0 Å². The summed E-state index contributed by atoms with van der Waals surface area (Å²) in [4.78, 5) is 22.3. The molecule has 1 aromatic carbocycles. The molecule has 0 radical (unpaired) electrons. The second-order valence-electron chi connectivity index (χ2n) is 4.89. The van der Waals surface area contributed by atoms with Crippen molar-refractivity contribution in [1.29, 1.82) is 0 Å². The first kappa shape index (κ1) is 17.0. The number of nitro benzene ring substituents is 1. The minimum Gasteiger partial charge on any atom is -0.494 e. The molecule has 0 unspecified atom stereocenters. The van der Waals surface area contributed by atoms with Gasteiger partial charge in [-0.1, -0.05) is 0 Å². The number of esters is 1. The van der Waals surface area contributed by atoms with Crippen molar-refractivity contribution in [2.45, 2.75) is 12.8 Å². The molecular formula is C13H16N2O7S. The molecule has 1 fully saturated rings. The van der Waals surface area contributed by atoms with Gasteiger partial charge in [0.25, 0.3) is 5.69 Å². The van der Waals surface area contributed by atoms with Crippen molar-refractivity contribution >= 4 is 27.4 Å². The fraction of sp³-hybridized carbons (Fsp3) is 0.462. The number of rotatable bonds is 4. The number of nitrogens with zero attached hydrogens (tertiary/aromatic N) is 2. The van der Waals surface area contributed by atoms with Crippen LogP contribution >= 0.6 is 0 Å². The summed E-state index contributed by atoms with van der Waals surface area (Å²) < 4.78 is 35.3. The summed E-state index contributed by atoms with van der Waals surface area (Å²) in [7, 11) is -1.24. The van der Waals surface area contributed by atoms with Crippen LogP contribution in [0.3, 0.4) is 0 Å². The van der Waals surface area contributed by atoms with Crippen LogP contribution in [-0.4, -0.2) is 45.8 Å². The fourth-order valence-corrected chi connectivity index (χ4v) is 4.06. The molecule has 0 saturated carbocycles. The summed E-state index contributed by atoms with van der Waals surface area (Å²) in [6, 6.07) is 2.10. The number of non-ortho nitro benzene ring substituents is 1. The second kappa shape index (κ2) is 6.41. The van der Waals surface area contributed by atoms with Crippen molar-refractivity contribution in [3.63, 3.8) is 0 Å². The predicted molar refractivity (Wildman–Crippen MR) is 81.4 cm³/mol. The Morgan fingerprint density at radius 2 is 2.00 bits per heavy atom. The van der Waals surface area contributed by atoms with Crippen molar-refractivity contribution in [1.82, 2.24) is 0 Å². The van der Waals surface area contributed by atoms with Crippen LogP contribution in [0.5, 0.6) is 5.75 Å². The molecule has 0 aromatic heterocycles. The van der Waals surface area contributed by atoms with Gasteiger partial charge in [-0.2, -0.15) is 0 Å². The van der Waals surface area contributed by atoms with Crippen molar-refractivity contribution in [2.75, 3.05) is 30.8 Å². The SMILES string of the molecule is COC(=O)c1cc([N+](=O)[O-])cc(N2CCCCS2(=O)=O)c1OC. The molecule has 1 aliphatic rings. The van der Waals surface area contributed by atoms with Crippen molar-refractivity contribution in [3.05, 3.63) is 27.8 Å². The molecule has 2 rings (SSSR count). The normalized spacial score (nSPS) is 16.7. The van der Waals surface area contributed by atoms with Gasteiger partial charge in [-0.3, -0.25) is 14.4 Å². The van der Waals surface area contributed by atoms with Crippen molar-refractivity contribution in [3.8, 4) is 5.75 Å². The van der Waals surface area contributed by atoms with Gasteiger partial charge in [0, 0.05) is 18.7 Å². The maximum atomic E-state index is 12.3. The maximum Gasteiger partial charge on any atom is 0.341 e. The predicted octanol–water partition coefficient (Wildman–Crippen LogP) is 1.32. The zero-order valence-electron chi connectivity index (χ0n) is 12.6. The number of benzene rings is 1. The minimum absolute atomic E-state index is 0.0261. The van der Waals surface area contributed by atoms with E-state index in [1.165, 1.54) is 7.11 Å². The van der Waals surface area contributed by atoms with Crippen LogP contribution in [0.25, 0.3) is 0 Å². The number of carbonyl (C=O) groups excluding carboxylic acids is 1. The Balaban J connectivity index is 2.72. The minimum atomic E-state index is -3.62. The summed E-state index contributed by atoms with van der Waals surface area (Å²) in [5, 5.41) is 11.1. The molecule has 23 heavy (non-hydrogen) atoms. The lowest BCUT2D eigenvalue weighted by Crippen LogP contribution is -2.38. The van der Waals surface area contributed by atoms with Gasteiger partial charge in [0.1, 0.15) is 11.3 Å². The molecule has 0 spiro atoms. The van der Waals surface area contributed by atoms with Gasteiger partial charge in [-0.25, -0.2) is 13.2 Å². The van der Waals surface area contributed by atoms with Crippen LogP contribution in [0.1, 0.15) is 23.2 Å². The first-order chi connectivity index (χ1) is 10.8. The number of methoxy groups -OCH3 is 2. The molecule has 10 heteroatoms. The highest BCUT2D eigenvalue weighted by atomic mass is 32.2. The first-order valence-electron chi connectivity index (χ1n) is 6.77. The van der Waals surface area contributed by atoms with Gasteiger partial charge >= 0.3 is 5.97 Å². The van der Waals surface area contributed by atoms with Gasteiger partial charge in [0.2, 0.25) is 10.0 Å². The second-order valence-corrected chi connectivity index (χ2v) is 6.90. The van der Waals surface area contributed by atoms with Crippen LogP contribution in [0, 0.1) is 10.1 Å². The average Bonchev–Trinajstić information content (AvgIpc) is 2.52. The Labute approximate surface area is 133 Å². The molecule has 0 bridgehead atoms. The third-order valence-electron chi connectivity index (χ3n) is 3.49. The van der Waals surface area contributed by atoms with E-state index in [-0.39, 0.29) is 29.3 Å². The highest BCUT2D eigenvalue weighted by molar-refractivity contribution is 7.92. The number of carbonyl (C=O) groups is 1. The molecule has 0 atom stereocenters. The lowest BCUT2D eigenvalue weighted by molar-refractivity contribution is -0.384. The van der Waals surface area contributed by atoms with Crippen LogP contribution in [0.4, 0.5) is 11.4 Å². The van der Waals surface area contributed by atoms with E-state index in [1.54, 1.807) is 0 Å². The Kier molecular flexibility index (Phi) is 4.73. The fourth-order valence-electron chi connectivity index (χ4n) is 2.42. The van der Waals surface area contributed by atoms with E-state index in [9.17, 15) is 23.3 Å². The van der Waals surface area contributed by atoms with Gasteiger partial charge in [0.05, 0.1) is 24.9 Å². The van der Waals surface area contributed by atoms with E-state index in [2.05, 4.69) is 4.74 Å². The molecule has 126 valence electrons. The summed E-state index contributed by atoms with van der Waals surface area (Å²) >= 11 is 0. The largest absolute Gasteiger partial charge is 0.494 e. The number of hydrogen-bond acceptors (Lipinski definition) is 7. The Bertz CT molecular complexity index is 745. The first-order valence-corrected chi connectivity index (χ1v) is 8.38. The highest BCUT2D eigenvalue weighted by Crippen LogP contribution is 2.39. The van der Waals surface area contributed by atoms with Crippen molar-refractivity contribution < 1.29 is 27.6 Å². The Morgan fingerprint density at radius 3 is 2.52 bits per heavy atom. The molecule has 1 heterocycles. The standard InChI is InChI=1S/C13H16N2O7S/c1-21-12-10(13(16)22-2)7-9(15(17)18)8-11(12)14-5-3-4-6-23(14,19)20/h7-8H,3-6H2,1-2H3. The monoisotopic (exact) mass is 344 g/mol. The summed E-state index contributed by atoms with van der Waals surface area (Å²) in [6.45, 7) is 0.167. The zero-order valence-corrected chi connectivity index (χ0v) is 13.5. The van der Waals surface area contributed by atoms with E-state index in [4.69, 9.17) is 4.74 Å². The molecule has 1 aromatic rings. The van der Waals surface area contributed by atoms with E-state index >= 15 is 0 Å². The van der Waals surface area contributed by atoms with Gasteiger partial charge in [-0.15, -0.1) is 0 Å². The third kappa shape index (κ3) is 3.21. The smallest absolute Gasteiger partial charge is 0.341 e.